The summed E-state index contributed by atoms with van der Waals surface area (Å²) in [5, 5.41) is 24.3. The number of aromatic nitrogens is 4. The molecule has 2 heterocycles. The number of benzene rings is 2. The van der Waals surface area contributed by atoms with Gasteiger partial charge in [0, 0.05) is 29.3 Å². The molecule has 0 saturated heterocycles. The van der Waals surface area contributed by atoms with Crippen molar-refractivity contribution >= 4 is 34.8 Å². The Morgan fingerprint density at radius 1 is 1.22 bits per heavy atom. The lowest BCUT2D eigenvalue weighted by atomic mass is 10.0. The summed E-state index contributed by atoms with van der Waals surface area (Å²) < 4.78 is 68.6. The third-order valence-corrected chi connectivity index (χ3v) is 6.76. The number of ether oxygens (including phenoxy) is 3. The summed E-state index contributed by atoms with van der Waals surface area (Å²) in [6.07, 6.45) is -5.37. The number of halogens is 4. The van der Waals surface area contributed by atoms with Crippen molar-refractivity contribution in [3.63, 3.8) is 0 Å². The van der Waals surface area contributed by atoms with Crippen molar-refractivity contribution in [1.29, 1.82) is 5.41 Å². The van der Waals surface area contributed by atoms with E-state index in [0.29, 0.717) is 15.9 Å². The van der Waals surface area contributed by atoms with Crippen LogP contribution in [0.3, 0.4) is 0 Å². The number of amidine groups is 1. The highest BCUT2D eigenvalue weighted by molar-refractivity contribution is 7.12. The van der Waals surface area contributed by atoms with Gasteiger partial charge in [-0.3, -0.25) is 10.4 Å². The van der Waals surface area contributed by atoms with Crippen molar-refractivity contribution in [2.24, 2.45) is 5.73 Å². The topological polar surface area (TPSA) is 208 Å². The number of aromatic amines is 1. The first kappa shape index (κ1) is 32.5. The van der Waals surface area contributed by atoms with Crippen LogP contribution >= 0.6 is 11.3 Å². The van der Waals surface area contributed by atoms with Gasteiger partial charge in [-0.05, 0) is 30.3 Å². The molecule has 0 aliphatic carbocycles. The number of carboxylic acids is 1. The number of alkyl halides is 3. The van der Waals surface area contributed by atoms with Crippen molar-refractivity contribution in [2.45, 2.75) is 18.6 Å². The smallest absolute Gasteiger partial charge is 0.490 e. The number of hydrogen-bond donors (Lipinski definition) is 5. The van der Waals surface area contributed by atoms with Crippen LogP contribution in [0.1, 0.15) is 39.1 Å². The van der Waals surface area contributed by atoms with Crippen LogP contribution in [0.15, 0.2) is 46.7 Å². The van der Waals surface area contributed by atoms with Crippen LogP contribution in [0.5, 0.6) is 11.5 Å². The highest BCUT2D eigenvalue weighted by Gasteiger charge is 2.40. The number of carboxylic acid groups (broad SMARTS) is 1. The fourth-order valence-electron chi connectivity index (χ4n) is 3.87. The lowest BCUT2D eigenvalue weighted by molar-refractivity contribution is -0.199. The first-order chi connectivity index (χ1) is 21.3. The van der Waals surface area contributed by atoms with E-state index >= 15 is 4.39 Å². The van der Waals surface area contributed by atoms with Crippen LogP contribution in [0.4, 0.5) is 23.2 Å². The van der Waals surface area contributed by atoms with Gasteiger partial charge in [0.2, 0.25) is 0 Å². The molecule has 0 bridgehead atoms. The Hall–Kier alpha value is -5.46. The molecule has 19 heteroatoms. The zero-order valence-electron chi connectivity index (χ0n) is 23.0. The molecule has 0 radical (unpaired) electrons. The highest BCUT2D eigenvalue weighted by Crippen LogP contribution is 2.35. The van der Waals surface area contributed by atoms with E-state index in [-0.39, 0.29) is 52.4 Å². The average molecular weight is 654 g/mol. The standard InChI is InChI=1S/C26H23F4N7O7S/c1-42-14-9-15(17(27)16(10-14)43-7-2-8-44-24(40)26(28,29)30)18(34-13-5-3-12(4-6-13)20(31)32)21-35-25(41)37(36-21)22-19(23(38)39)45-11-33-22/h3-6,9-11,18,34H,2,7-8H2,1H3,(H3,31,32)(H,38,39)(H,35,36,41). The number of aromatic carboxylic acids is 1. The summed E-state index contributed by atoms with van der Waals surface area (Å²) in [4.78, 5) is 41.6. The molecule has 4 aromatic rings. The number of H-pyrrole nitrogens is 1. The van der Waals surface area contributed by atoms with Crippen molar-refractivity contribution in [2.75, 3.05) is 25.6 Å². The molecule has 45 heavy (non-hydrogen) atoms. The maximum absolute atomic E-state index is 16.0. The second kappa shape index (κ2) is 13.5. The summed E-state index contributed by atoms with van der Waals surface area (Å²) in [5.74, 6) is -5.66. The number of anilines is 1. The monoisotopic (exact) mass is 653 g/mol. The molecule has 1 unspecified atom stereocenters. The second-order valence-electron chi connectivity index (χ2n) is 8.97. The molecule has 4 rings (SSSR count). The minimum Gasteiger partial charge on any atom is -0.497 e. The molecule has 0 spiro atoms. The molecular weight excluding hydrogens is 630 g/mol. The van der Waals surface area contributed by atoms with E-state index in [4.69, 9.17) is 20.6 Å². The number of nitrogens with zero attached hydrogens (tertiary/aromatic N) is 3. The molecule has 2 aromatic heterocycles. The molecule has 6 N–H and O–H groups in total. The van der Waals surface area contributed by atoms with Gasteiger partial charge in [-0.2, -0.15) is 17.9 Å². The number of hydrogen-bond acceptors (Lipinski definition) is 11. The maximum Gasteiger partial charge on any atom is 0.490 e. The van der Waals surface area contributed by atoms with Crippen LogP contribution < -0.4 is 26.2 Å². The number of esters is 1. The molecule has 0 amide bonds. The number of methoxy groups -OCH3 is 1. The molecule has 14 nitrogen and oxygen atoms in total. The molecule has 0 aliphatic heterocycles. The Balaban J connectivity index is 1.71. The third-order valence-electron chi connectivity index (χ3n) is 5.96. The SMILES string of the molecule is COc1cc(OCCCOC(=O)C(F)(F)F)c(F)c(C(Nc2ccc(C(=N)N)cc2)c2nn(-c3ncsc3C(=O)O)c(=O)[nH]2)c1. The number of thiazole rings is 1. The number of carbonyl (C=O) groups excluding carboxylic acids is 1. The van der Waals surface area contributed by atoms with Crippen LogP contribution in [0.2, 0.25) is 0 Å². The van der Waals surface area contributed by atoms with Crippen LogP contribution in [-0.4, -0.2) is 69.1 Å². The summed E-state index contributed by atoms with van der Waals surface area (Å²) in [5.41, 5.74) is 6.42. The minimum atomic E-state index is -5.16. The van der Waals surface area contributed by atoms with Gasteiger partial charge in [0.15, 0.2) is 28.1 Å². The Kier molecular flexibility index (Phi) is 9.70. The zero-order chi connectivity index (χ0) is 32.9. The lowest BCUT2D eigenvalue weighted by Gasteiger charge is -2.21. The van der Waals surface area contributed by atoms with Crippen LogP contribution in [0, 0.1) is 11.2 Å². The van der Waals surface area contributed by atoms with Gasteiger partial charge in [-0.15, -0.1) is 16.4 Å². The van der Waals surface area contributed by atoms with E-state index in [1.165, 1.54) is 49.0 Å². The van der Waals surface area contributed by atoms with Gasteiger partial charge in [-0.25, -0.2) is 23.8 Å². The molecule has 0 fully saturated rings. The Labute approximate surface area is 253 Å². The van der Waals surface area contributed by atoms with E-state index in [2.05, 4.69) is 25.1 Å². The van der Waals surface area contributed by atoms with Crippen LogP contribution in [0.25, 0.3) is 5.82 Å². The minimum absolute atomic E-state index is 0.0815. The van der Waals surface area contributed by atoms with E-state index in [0.717, 1.165) is 11.3 Å². The fourth-order valence-corrected chi connectivity index (χ4v) is 4.47. The van der Waals surface area contributed by atoms with Crippen molar-refractivity contribution in [3.8, 4) is 17.3 Å². The van der Waals surface area contributed by atoms with E-state index in [9.17, 15) is 32.7 Å². The molecule has 1 atom stereocenters. The number of nitrogens with one attached hydrogen (secondary N) is 3. The molecular formula is C26H23F4N7O7S. The Morgan fingerprint density at radius 3 is 2.56 bits per heavy atom. The van der Waals surface area contributed by atoms with Gasteiger partial charge >= 0.3 is 23.8 Å². The quantitative estimate of drug-likeness (QED) is 0.0465. The van der Waals surface area contributed by atoms with Crippen molar-refractivity contribution in [3.05, 3.63) is 80.0 Å². The summed E-state index contributed by atoms with van der Waals surface area (Å²) >= 11 is 0.761. The Bertz CT molecular complexity index is 1770. The molecule has 0 aliphatic rings. The van der Waals surface area contributed by atoms with Gasteiger partial charge in [-0.1, -0.05) is 0 Å². The van der Waals surface area contributed by atoms with Crippen LogP contribution in [-0.2, 0) is 9.53 Å². The molecule has 0 saturated carbocycles. The third kappa shape index (κ3) is 7.55. The predicted octanol–water partition coefficient (Wildman–Crippen LogP) is 3.22. The zero-order valence-corrected chi connectivity index (χ0v) is 23.8. The van der Waals surface area contributed by atoms with Crippen molar-refractivity contribution in [1.82, 2.24) is 19.7 Å². The lowest BCUT2D eigenvalue weighted by Crippen LogP contribution is -2.26. The number of rotatable bonds is 13. The first-order valence-electron chi connectivity index (χ1n) is 12.6. The summed E-state index contributed by atoms with van der Waals surface area (Å²) in [6, 6.07) is 7.24. The number of nitrogens with two attached hydrogens (primary N) is 1. The first-order valence-corrected chi connectivity index (χ1v) is 13.5. The van der Waals surface area contributed by atoms with E-state index < -0.39 is 42.3 Å². The Morgan fingerprint density at radius 2 is 1.93 bits per heavy atom. The maximum atomic E-state index is 16.0. The number of carbonyl (C=O) groups is 2. The number of nitrogen functional groups attached to an aromatic ring is 1. The highest BCUT2D eigenvalue weighted by atomic mass is 32.1. The molecule has 238 valence electrons. The van der Waals surface area contributed by atoms with Gasteiger partial charge in [0.05, 0.1) is 25.8 Å². The summed E-state index contributed by atoms with van der Waals surface area (Å²) in [7, 11) is 1.28. The largest absolute Gasteiger partial charge is 0.497 e. The van der Waals surface area contributed by atoms with Crippen molar-refractivity contribution < 1.29 is 46.5 Å². The fraction of sp³-hybridized carbons (Fsp3) is 0.231. The van der Waals surface area contributed by atoms with Gasteiger partial charge in [0.1, 0.15) is 17.6 Å². The van der Waals surface area contributed by atoms with E-state index in [1.54, 1.807) is 0 Å². The average Bonchev–Trinajstić information content (AvgIpc) is 3.63. The van der Waals surface area contributed by atoms with E-state index in [1.807, 2.05) is 0 Å². The van der Waals surface area contributed by atoms with Gasteiger partial charge < -0.3 is 30.4 Å². The predicted molar refractivity (Wildman–Crippen MR) is 150 cm³/mol. The normalized spacial score (nSPS) is 11.9. The van der Waals surface area contributed by atoms with Gasteiger partial charge in [0.25, 0.3) is 0 Å². The summed E-state index contributed by atoms with van der Waals surface area (Å²) in [6.45, 7) is -1.00. The second-order valence-corrected chi connectivity index (χ2v) is 9.83. The molecule has 2 aromatic carbocycles.